The van der Waals surface area contributed by atoms with E-state index in [1.54, 1.807) is 0 Å². The number of hydrogen-bond acceptors (Lipinski definition) is 3. The lowest BCUT2D eigenvalue weighted by Crippen LogP contribution is -2.51. The first kappa shape index (κ1) is 19.9. The lowest BCUT2D eigenvalue weighted by Gasteiger charge is -2.31. The number of benzene rings is 3. The van der Waals surface area contributed by atoms with E-state index in [2.05, 4.69) is 5.32 Å². The summed E-state index contributed by atoms with van der Waals surface area (Å²) >= 11 is 0. The normalized spacial score (nSPS) is 20.5. The molecule has 0 spiro atoms. The average molecular weight is 399 g/mol. The van der Waals surface area contributed by atoms with Gasteiger partial charge in [-0.15, -0.1) is 0 Å². The van der Waals surface area contributed by atoms with E-state index in [4.69, 9.17) is 9.73 Å². The first-order chi connectivity index (χ1) is 14.6. The largest absolute Gasteiger partial charge is 0.466 e. The van der Waals surface area contributed by atoms with Crippen LogP contribution >= 0.6 is 0 Å². The molecule has 4 nitrogen and oxygen atoms in total. The lowest BCUT2D eigenvalue weighted by atomic mass is 9.82. The van der Waals surface area contributed by atoms with Crippen LogP contribution < -0.4 is 5.32 Å². The maximum Gasteiger partial charge on any atom is 0.252 e. The molecule has 4 heteroatoms. The molecule has 0 aromatic heterocycles. The van der Waals surface area contributed by atoms with E-state index < -0.39 is 11.6 Å². The molecule has 0 saturated heterocycles. The number of rotatable bonds is 6. The van der Waals surface area contributed by atoms with Crippen molar-refractivity contribution in [2.45, 2.75) is 38.0 Å². The Morgan fingerprint density at radius 3 is 2.10 bits per heavy atom. The topological polar surface area (TPSA) is 50.7 Å². The molecule has 0 radical (unpaired) electrons. The van der Waals surface area contributed by atoms with Gasteiger partial charge >= 0.3 is 0 Å². The van der Waals surface area contributed by atoms with Gasteiger partial charge in [-0.2, -0.15) is 0 Å². The molecule has 0 unspecified atom stereocenters. The summed E-state index contributed by atoms with van der Waals surface area (Å²) in [4.78, 5) is 18.6. The van der Waals surface area contributed by atoms with Gasteiger partial charge in [0.15, 0.2) is 11.6 Å². The van der Waals surface area contributed by atoms with E-state index in [1.807, 2.05) is 105 Å². The summed E-state index contributed by atoms with van der Waals surface area (Å²) in [6.07, 6.45) is -0.0738. The van der Waals surface area contributed by atoms with Crippen LogP contribution in [-0.4, -0.2) is 23.4 Å². The van der Waals surface area contributed by atoms with Gasteiger partial charge in [-0.05, 0) is 37.1 Å². The second-order valence-electron chi connectivity index (χ2n) is 7.91. The standard InChI is InChI=1S/C26H26N2O2/c1-19(2)27-25(29)26(18-20-12-6-3-7-13-20)23(21-14-8-4-9-15-21)30-24(28-26)22-16-10-5-11-17-22/h3-17,19,23H,18H2,1-2H3,(H,27,29)/t23-,26-/m0/s1. The van der Waals surface area contributed by atoms with Gasteiger partial charge in [-0.25, -0.2) is 4.99 Å². The summed E-state index contributed by atoms with van der Waals surface area (Å²) < 4.78 is 6.41. The van der Waals surface area contributed by atoms with E-state index >= 15 is 0 Å². The number of ether oxygens (including phenoxy) is 1. The van der Waals surface area contributed by atoms with Gasteiger partial charge < -0.3 is 10.1 Å². The maximum absolute atomic E-state index is 13.6. The molecule has 4 rings (SSSR count). The Balaban J connectivity index is 1.86. The lowest BCUT2D eigenvalue weighted by molar-refractivity contribution is -0.129. The molecule has 1 heterocycles. The highest BCUT2D eigenvalue weighted by atomic mass is 16.5. The molecule has 1 N–H and O–H groups in total. The van der Waals surface area contributed by atoms with Gasteiger partial charge in [0.25, 0.3) is 5.91 Å². The Morgan fingerprint density at radius 2 is 1.50 bits per heavy atom. The van der Waals surface area contributed by atoms with Crippen molar-refractivity contribution in [3.05, 3.63) is 108 Å². The SMILES string of the molecule is CC(C)NC(=O)[C@@]1(Cc2ccccc2)N=C(c2ccccc2)O[C@H]1c1ccccc1. The van der Waals surface area contributed by atoms with Crippen molar-refractivity contribution >= 4 is 11.8 Å². The summed E-state index contributed by atoms with van der Waals surface area (Å²) in [5.74, 6) is 0.375. The van der Waals surface area contributed by atoms with Crippen LogP contribution in [0.1, 0.15) is 36.6 Å². The zero-order valence-electron chi connectivity index (χ0n) is 17.3. The molecule has 3 aromatic rings. The Hall–Kier alpha value is -3.40. The summed E-state index contributed by atoms with van der Waals surface area (Å²) in [5.41, 5.74) is 1.74. The zero-order valence-corrected chi connectivity index (χ0v) is 17.3. The fraction of sp³-hybridized carbons (Fsp3) is 0.231. The minimum atomic E-state index is -1.10. The van der Waals surface area contributed by atoms with Crippen LogP contribution in [0.2, 0.25) is 0 Å². The number of carbonyl (C=O) groups excluding carboxylic acids is 1. The second kappa shape index (κ2) is 8.54. The van der Waals surface area contributed by atoms with Crippen molar-refractivity contribution < 1.29 is 9.53 Å². The van der Waals surface area contributed by atoms with Gasteiger partial charge in [0.05, 0.1) is 0 Å². The zero-order chi connectivity index (χ0) is 21.0. The van der Waals surface area contributed by atoms with Crippen LogP contribution in [0.15, 0.2) is 96.0 Å². The van der Waals surface area contributed by atoms with Crippen LogP contribution in [0.4, 0.5) is 0 Å². The Labute approximate surface area is 177 Å². The van der Waals surface area contributed by atoms with Crippen LogP contribution in [0, 0.1) is 0 Å². The number of carbonyl (C=O) groups is 1. The fourth-order valence-electron chi connectivity index (χ4n) is 3.84. The highest BCUT2D eigenvalue weighted by Gasteiger charge is 2.53. The number of aliphatic imine (C=N–C) groups is 1. The fourth-order valence-corrected chi connectivity index (χ4v) is 3.84. The highest BCUT2D eigenvalue weighted by Crippen LogP contribution is 2.42. The van der Waals surface area contributed by atoms with Crippen molar-refractivity contribution in [1.82, 2.24) is 5.32 Å². The molecule has 0 bridgehead atoms. The Kier molecular flexibility index (Phi) is 5.66. The van der Waals surface area contributed by atoms with Gasteiger partial charge in [0.1, 0.15) is 0 Å². The van der Waals surface area contributed by atoms with Gasteiger partial charge in [-0.1, -0.05) is 78.9 Å². The molecule has 1 aliphatic rings. The number of nitrogens with one attached hydrogen (secondary N) is 1. The third kappa shape index (κ3) is 3.99. The highest BCUT2D eigenvalue weighted by molar-refractivity contribution is 6.01. The molecule has 0 saturated carbocycles. The van der Waals surface area contributed by atoms with E-state index in [0.717, 1.165) is 16.7 Å². The minimum Gasteiger partial charge on any atom is -0.466 e. The van der Waals surface area contributed by atoms with Crippen LogP contribution in [-0.2, 0) is 16.0 Å². The summed E-state index contributed by atoms with van der Waals surface area (Å²) in [6, 6.07) is 29.7. The van der Waals surface area contributed by atoms with Crippen molar-refractivity contribution in [1.29, 1.82) is 0 Å². The maximum atomic E-state index is 13.6. The molecule has 2 atom stereocenters. The second-order valence-corrected chi connectivity index (χ2v) is 7.91. The first-order valence-electron chi connectivity index (χ1n) is 10.3. The predicted octanol–water partition coefficient (Wildman–Crippen LogP) is 4.71. The summed E-state index contributed by atoms with van der Waals surface area (Å²) in [7, 11) is 0. The Morgan fingerprint density at radius 1 is 0.933 bits per heavy atom. The molecule has 1 aliphatic heterocycles. The van der Waals surface area contributed by atoms with Crippen molar-refractivity contribution in [3.63, 3.8) is 0 Å². The average Bonchev–Trinajstić information content (AvgIpc) is 3.16. The minimum absolute atomic E-state index is 0.00227. The molecule has 30 heavy (non-hydrogen) atoms. The molecule has 0 aliphatic carbocycles. The van der Waals surface area contributed by atoms with Crippen LogP contribution in [0.25, 0.3) is 0 Å². The summed E-state index contributed by atoms with van der Waals surface area (Å²) in [6.45, 7) is 3.92. The van der Waals surface area contributed by atoms with Gasteiger partial charge in [-0.3, -0.25) is 4.79 Å². The molecule has 3 aromatic carbocycles. The van der Waals surface area contributed by atoms with Crippen molar-refractivity contribution in [2.24, 2.45) is 4.99 Å². The molecule has 0 fully saturated rings. The van der Waals surface area contributed by atoms with E-state index in [0.29, 0.717) is 12.3 Å². The molecule has 152 valence electrons. The van der Waals surface area contributed by atoms with E-state index in [-0.39, 0.29) is 11.9 Å². The van der Waals surface area contributed by atoms with Gasteiger partial charge in [0.2, 0.25) is 5.90 Å². The number of amides is 1. The summed E-state index contributed by atoms with van der Waals surface area (Å²) in [5, 5.41) is 3.09. The molecule has 1 amide bonds. The van der Waals surface area contributed by atoms with Crippen molar-refractivity contribution in [2.75, 3.05) is 0 Å². The monoisotopic (exact) mass is 398 g/mol. The van der Waals surface area contributed by atoms with Crippen molar-refractivity contribution in [3.8, 4) is 0 Å². The molecular formula is C26H26N2O2. The smallest absolute Gasteiger partial charge is 0.252 e. The first-order valence-corrected chi connectivity index (χ1v) is 10.3. The third-order valence-electron chi connectivity index (χ3n) is 5.22. The third-order valence-corrected chi connectivity index (χ3v) is 5.22. The van der Waals surface area contributed by atoms with Gasteiger partial charge in [0, 0.05) is 18.0 Å². The molecular weight excluding hydrogens is 372 g/mol. The Bertz CT molecular complexity index is 1020. The predicted molar refractivity (Wildman–Crippen MR) is 119 cm³/mol. The van der Waals surface area contributed by atoms with Crippen LogP contribution in [0.5, 0.6) is 0 Å². The van der Waals surface area contributed by atoms with E-state index in [1.165, 1.54) is 0 Å². The number of hydrogen-bond donors (Lipinski definition) is 1. The number of nitrogens with zero attached hydrogens (tertiary/aromatic N) is 1. The van der Waals surface area contributed by atoms with E-state index in [9.17, 15) is 4.79 Å². The quantitative estimate of drug-likeness (QED) is 0.654. The van der Waals surface area contributed by atoms with Crippen LogP contribution in [0.3, 0.4) is 0 Å².